The molecule has 1 N–H and O–H groups in total. The van der Waals surface area contributed by atoms with Crippen molar-refractivity contribution in [1.82, 2.24) is 4.98 Å². The average Bonchev–Trinajstić information content (AvgIpc) is 2.99. The quantitative estimate of drug-likeness (QED) is 0.708. The standard InChI is InChI=1S/C17H12Cl2N2O2/c1-10-3-2-4-16(20-10)21-17(22)15-8-7-14(23-15)12-9-11(18)5-6-13(12)19/h2-9H,1H3,(H,20,21,22). The molecule has 23 heavy (non-hydrogen) atoms. The van der Waals surface area contributed by atoms with E-state index in [9.17, 15) is 4.79 Å². The Morgan fingerprint density at radius 2 is 1.96 bits per heavy atom. The second-order valence-electron chi connectivity index (χ2n) is 4.91. The van der Waals surface area contributed by atoms with Gasteiger partial charge in [0.25, 0.3) is 5.91 Å². The van der Waals surface area contributed by atoms with Crippen LogP contribution in [-0.4, -0.2) is 10.9 Å². The van der Waals surface area contributed by atoms with Crippen molar-refractivity contribution in [3.63, 3.8) is 0 Å². The van der Waals surface area contributed by atoms with Gasteiger partial charge in [-0.2, -0.15) is 0 Å². The van der Waals surface area contributed by atoms with Gasteiger partial charge in [-0.1, -0.05) is 29.3 Å². The highest BCUT2D eigenvalue weighted by atomic mass is 35.5. The molecule has 0 spiro atoms. The number of pyridine rings is 1. The van der Waals surface area contributed by atoms with Gasteiger partial charge in [-0.25, -0.2) is 4.98 Å². The van der Waals surface area contributed by atoms with Crippen molar-refractivity contribution < 1.29 is 9.21 Å². The van der Waals surface area contributed by atoms with Crippen LogP contribution in [0.15, 0.2) is 52.9 Å². The van der Waals surface area contributed by atoms with Gasteiger partial charge in [-0.15, -0.1) is 0 Å². The largest absolute Gasteiger partial charge is 0.451 e. The minimum atomic E-state index is -0.382. The normalized spacial score (nSPS) is 10.6. The van der Waals surface area contributed by atoms with Crippen LogP contribution in [0.5, 0.6) is 0 Å². The number of aryl methyl sites for hydroxylation is 1. The Morgan fingerprint density at radius 3 is 2.74 bits per heavy atom. The monoisotopic (exact) mass is 346 g/mol. The summed E-state index contributed by atoms with van der Waals surface area (Å²) >= 11 is 12.1. The van der Waals surface area contributed by atoms with Crippen molar-refractivity contribution in [1.29, 1.82) is 0 Å². The number of nitrogens with one attached hydrogen (secondary N) is 1. The highest BCUT2D eigenvalue weighted by Gasteiger charge is 2.15. The van der Waals surface area contributed by atoms with E-state index in [0.29, 0.717) is 27.2 Å². The van der Waals surface area contributed by atoms with Gasteiger partial charge in [-0.3, -0.25) is 4.79 Å². The molecule has 0 aliphatic heterocycles. The van der Waals surface area contributed by atoms with Crippen molar-refractivity contribution in [2.24, 2.45) is 0 Å². The number of furan rings is 1. The first kappa shape index (κ1) is 15.6. The zero-order valence-electron chi connectivity index (χ0n) is 12.1. The molecule has 0 atom stereocenters. The molecule has 0 fully saturated rings. The summed E-state index contributed by atoms with van der Waals surface area (Å²) in [7, 11) is 0. The summed E-state index contributed by atoms with van der Waals surface area (Å²) in [6, 6.07) is 13.7. The summed E-state index contributed by atoms with van der Waals surface area (Å²) in [5, 5.41) is 3.72. The third kappa shape index (κ3) is 3.55. The lowest BCUT2D eigenvalue weighted by molar-refractivity contribution is 0.0997. The van der Waals surface area contributed by atoms with E-state index in [1.165, 1.54) is 0 Å². The lowest BCUT2D eigenvalue weighted by Gasteiger charge is -2.03. The van der Waals surface area contributed by atoms with E-state index < -0.39 is 0 Å². The summed E-state index contributed by atoms with van der Waals surface area (Å²) in [4.78, 5) is 16.4. The summed E-state index contributed by atoms with van der Waals surface area (Å²) in [6.45, 7) is 1.85. The van der Waals surface area contributed by atoms with Crippen LogP contribution in [-0.2, 0) is 0 Å². The van der Waals surface area contributed by atoms with E-state index in [1.807, 2.05) is 19.1 Å². The van der Waals surface area contributed by atoms with Gasteiger partial charge in [0.15, 0.2) is 5.76 Å². The van der Waals surface area contributed by atoms with Crippen LogP contribution in [0.1, 0.15) is 16.2 Å². The first-order chi connectivity index (χ1) is 11.0. The summed E-state index contributed by atoms with van der Waals surface area (Å²) in [6.07, 6.45) is 0. The number of carbonyl (C=O) groups excluding carboxylic acids is 1. The van der Waals surface area contributed by atoms with Gasteiger partial charge in [0.2, 0.25) is 0 Å². The number of rotatable bonds is 3. The predicted molar refractivity (Wildman–Crippen MR) is 91.1 cm³/mol. The van der Waals surface area contributed by atoms with Crippen molar-refractivity contribution in [2.75, 3.05) is 5.32 Å². The van der Waals surface area contributed by atoms with E-state index in [1.54, 1.807) is 36.4 Å². The Kier molecular flexibility index (Phi) is 4.37. The maximum Gasteiger partial charge on any atom is 0.292 e. The first-order valence-corrected chi connectivity index (χ1v) is 7.59. The molecule has 0 bridgehead atoms. The summed E-state index contributed by atoms with van der Waals surface area (Å²) in [5.41, 5.74) is 1.44. The molecule has 1 aromatic carbocycles. The molecule has 0 saturated heterocycles. The Balaban J connectivity index is 1.84. The SMILES string of the molecule is Cc1cccc(NC(=O)c2ccc(-c3cc(Cl)ccc3Cl)o2)n1. The maximum atomic E-state index is 12.2. The zero-order valence-corrected chi connectivity index (χ0v) is 13.7. The average molecular weight is 347 g/mol. The van der Waals surface area contributed by atoms with Crippen molar-refractivity contribution in [3.05, 3.63) is 70.0 Å². The van der Waals surface area contributed by atoms with E-state index in [-0.39, 0.29) is 11.7 Å². The lowest BCUT2D eigenvalue weighted by atomic mass is 10.2. The molecule has 0 saturated carbocycles. The summed E-state index contributed by atoms with van der Waals surface area (Å²) in [5.74, 6) is 0.723. The number of halogens is 2. The fourth-order valence-electron chi connectivity index (χ4n) is 2.08. The second-order valence-corrected chi connectivity index (χ2v) is 5.75. The first-order valence-electron chi connectivity index (χ1n) is 6.83. The van der Waals surface area contributed by atoms with Crippen molar-refractivity contribution in [2.45, 2.75) is 6.92 Å². The minimum Gasteiger partial charge on any atom is -0.451 e. The fourth-order valence-corrected chi connectivity index (χ4v) is 2.46. The number of nitrogens with zero attached hydrogens (tertiary/aromatic N) is 1. The van der Waals surface area contributed by atoms with Crippen LogP contribution in [0.2, 0.25) is 10.0 Å². The number of carbonyl (C=O) groups is 1. The molecule has 0 aliphatic carbocycles. The Bertz CT molecular complexity index is 875. The smallest absolute Gasteiger partial charge is 0.292 e. The Morgan fingerprint density at radius 1 is 1.13 bits per heavy atom. The molecule has 3 aromatic rings. The van der Waals surface area contributed by atoms with Crippen LogP contribution in [0, 0.1) is 6.92 Å². The van der Waals surface area contributed by atoms with Crippen LogP contribution < -0.4 is 5.32 Å². The van der Waals surface area contributed by atoms with E-state index in [2.05, 4.69) is 10.3 Å². The molecule has 6 heteroatoms. The van der Waals surface area contributed by atoms with Crippen LogP contribution in [0.4, 0.5) is 5.82 Å². The van der Waals surface area contributed by atoms with E-state index >= 15 is 0 Å². The Labute approximate surface area is 143 Å². The topological polar surface area (TPSA) is 55.1 Å². The molecule has 1 amide bonds. The summed E-state index contributed by atoms with van der Waals surface area (Å²) < 4.78 is 5.59. The Hall–Kier alpha value is -2.30. The van der Waals surface area contributed by atoms with Crippen molar-refractivity contribution in [3.8, 4) is 11.3 Å². The van der Waals surface area contributed by atoms with Gasteiger partial charge >= 0.3 is 0 Å². The second kappa shape index (κ2) is 6.44. The van der Waals surface area contributed by atoms with Crippen molar-refractivity contribution >= 4 is 34.9 Å². The van der Waals surface area contributed by atoms with Crippen LogP contribution in [0.3, 0.4) is 0 Å². The highest BCUT2D eigenvalue weighted by Crippen LogP contribution is 2.31. The van der Waals surface area contributed by atoms with E-state index in [0.717, 1.165) is 5.69 Å². The van der Waals surface area contributed by atoms with Crippen LogP contribution >= 0.6 is 23.2 Å². The van der Waals surface area contributed by atoms with Gasteiger partial charge in [-0.05, 0) is 49.4 Å². The van der Waals surface area contributed by atoms with Gasteiger partial charge in [0.1, 0.15) is 11.6 Å². The maximum absolute atomic E-state index is 12.2. The molecular weight excluding hydrogens is 335 g/mol. The molecular formula is C17H12Cl2N2O2. The highest BCUT2D eigenvalue weighted by molar-refractivity contribution is 6.35. The van der Waals surface area contributed by atoms with Crippen LogP contribution in [0.25, 0.3) is 11.3 Å². The molecule has 0 unspecified atom stereocenters. The molecule has 3 rings (SSSR count). The minimum absolute atomic E-state index is 0.166. The molecule has 0 aliphatic rings. The van der Waals surface area contributed by atoms with Gasteiger partial charge in [0.05, 0.1) is 5.02 Å². The number of benzene rings is 1. The molecule has 4 nitrogen and oxygen atoms in total. The fraction of sp³-hybridized carbons (Fsp3) is 0.0588. The molecule has 2 heterocycles. The molecule has 116 valence electrons. The van der Waals surface area contributed by atoms with Gasteiger partial charge < -0.3 is 9.73 Å². The number of anilines is 1. The molecule has 2 aromatic heterocycles. The number of hydrogen-bond acceptors (Lipinski definition) is 3. The van der Waals surface area contributed by atoms with Gasteiger partial charge in [0, 0.05) is 16.3 Å². The number of amides is 1. The number of aromatic nitrogens is 1. The number of hydrogen-bond donors (Lipinski definition) is 1. The lowest BCUT2D eigenvalue weighted by Crippen LogP contribution is -2.12. The predicted octanol–water partition coefficient (Wildman–Crippen LogP) is 5.21. The van der Waals surface area contributed by atoms with E-state index in [4.69, 9.17) is 27.6 Å². The third-order valence-electron chi connectivity index (χ3n) is 3.15. The third-order valence-corrected chi connectivity index (χ3v) is 3.72. The molecule has 0 radical (unpaired) electrons. The zero-order chi connectivity index (χ0) is 16.4.